The quantitative estimate of drug-likeness (QED) is 0.593. The largest absolute Gasteiger partial charge is 0.340 e. The van der Waals surface area contributed by atoms with Crippen LogP contribution in [-0.4, -0.2) is 48.2 Å². The molecule has 0 saturated carbocycles. The maximum atomic E-state index is 13.1. The summed E-state index contributed by atoms with van der Waals surface area (Å²) in [6.45, 7) is 7.86. The van der Waals surface area contributed by atoms with E-state index in [1.54, 1.807) is 0 Å². The van der Waals surface area contributed by atoms with Crippen LogP contribution in [0.3, 0.4) is 0 Å². The number of rotatable bonds is 3. The van der Waals surface area contributed by atoms with Crippen molar-refractivity contribution in [3.8, 4) is 0 Å². The Kier molecular flexibility index (Phi) is 5.79. The first-order chi connectivity index (χ1) is 14.3. The number of carbonyl (C=O) groups is 3. The maximum absolute atomic E-state index is 13.1. The summed E-state index contributed by atoms with van der Waals surface area (Å²) in [6, 6.07) is 5.83. The molecular formula is C22H31N5O3. The second-order valence-corrected chi connectivity index (χ2v) is 9.01. The number of nitrogens with zero attached hydrogens (tertiary/aromatic N) is 1. The molecule has 3 aliphatic rings. The number of hydrogen-bond acceptors (Lipinski definition) is 5. The fourth-order valence-electron chi connectivity index (χ4n) is 4.81. The fraction of sp³-hybridized carbons (Fsp3) is 0.591. The van der Waals surface area contributed by atoms with Crippen molar-refractivity contribution in [1.29, 1.82) is 0 Å². The van der Waals surface area contributed by atoms with Gasteiger partial charge in [0.1, 0.15) is 6.29 Å². The number of aryl methyl sites for hydroxylation is 2. The Morgan fingerprint density at radius 1 is 1.20 bits per heavy atom. The number of amides is 3. The van der Waals surface area contributed by atoms with Crippen molar-refractivity contribution in [3.63, 3.8) is 0 Å². The lowest BCUT2D eigenvalue weighted by atomic mass is 9.81. The average molecular weight is 414 g/mol. The molecule has 30 heavy (non-hydrogen) atoms. The summed E-state index contributed by atoms with van der Waals surface area (Å²) in [6.07, 6.45) is 1.37. The van der Waals surface area contributed by atoms with E-state index in [1.807, 2.05) is 32.0 Å². The third kappa shape index (κ3) is 4.20. The van der Waals surface area contributed by atoms with Crippen LogP contribution in [0, 0.1) is 31.6 Å². The molecule has 162 valence electrons. The van der Waals surface area contributed by atoms with Gasteiger partial charge in [0.25, 0.3) is 0 Å². The van der Waals surface area contributed by atoms with Crippen molar-refractivity contribution < 1.29 is 14.4 Å². The van der Waals surface area contributed by atoms with Crippen LogP contribution in [-0.2, 0) is 14.4 Å². The molecule has 3 amide bonds. The van der Waals surface area contributed by atoms with Crippen molar-refractivity contribution >= 4 is 23.4 Å². The molecule has 8 heteroatoms. The lowest BCUT2D eigenvalue weighted by Gasteiger charge is -2.47. The Morgan fingerprint density at radius 2 is 2.00 bits per heavy atom. The van der Waals surface area contributed by atoms with Gasteiger partial charge in [-0.25, -0.2) is 0 Å². The van der Waals surface area contributed by atoms with Crippen molar-refractivity contribution in [2.45, 2.75) is 52.5 Å². The molecule has 0 aromatic heterocycles. The minimum Gasteiger partial charge on any atom is -0.340 e. The Morgan fingerprint density at radius 3 is 2.77 bits per heavy atom. The summed E-state index contributed by atoms with van der Waals surface area (Å²) >= 11 is 0. The van der Waals surface area contributed by atoms with Crippen LogP contribution in [0.5, 0.6) is 0 Å². The highest BCUT2D eigenvalue weighted by molar-refractivity contribution is 6.00. The molecule has 0 spiro atoms. The van der Waals surface area contributed by atoms with Gasteiger partial charge in [0, 0.05) is 25.2 Å². The second kappa shape index (κ2) is 8.35. The Bertz CT molecular complexity index is 857. The predicted octanol–water partition coefficient (Wildman–Crippen LogP) is 1.06. The molecule has 0 aliphatic carbocycles. The van der Waals surface area contributed by atoms with Crippen molar-refractivity contribution in [2.75, 3.05) is 18.4 Å². The lowest BCUT2D eigenvalue weighted by Crippen LogP contribution is -2.74. The smallest absolute Gasteiger partial charge is 0.229 e. The number of likely N-dealkylation sites (tertiary alicyclic amines) is 1. The number of piperidine rings is 2. The first-order valence-corrected chi connectivity index (χ1v) is 10.8. The van der Waals surface area contributed by atoms with Gasteiger partial charge in [0.2, 0.25) is 17.7 Å². The van der Waals surface area contributed by atoms with Crippen LogP contribution >= 0.6 is 0 Å². The van der Waals surface area contributed by atoms with Crippen LogP contribution in [0.1, 0.15) is 37.3 Å². The molecule has 8 nitrogen and oxygen atoms in total. The molecule has 4 rings (SSSR count). The van der Waals surface area contributed by atoms with Crippen molar-refractivity contribution in [2.24, 2.45) is 17.8 Å². The summed E-state index contributed by atoms with van der Waals surface area (Å²) in [5, 5.41) is 12.2. The van der Waals surface area contributed by atoms with E-state index in [2.05, 4.69) is 33.1 Å². The fourth-order valence-corrected chi connectivity index (χ4v) is 4.81. The summed E-state index contributed by atoms with van der Waals surface area (Å²) in [4.78, 5) is 40.7. The number of hydrogen-bond donors (Lipinski definition) is 4. The van der Waals surface area contributed by atoms with Gasteiger partial charge in [-0.15, -0.1) is 0 Å². The number of nitrogens with one attached hydrogen (secondary N) is 4. The molecule has 1 aromatic carbocycles. The lowest BCUT2D eigenvalue weighted by molar-refractivity contribution is -0.148. The van der Waals surface area contributed by atoms with Gasteiger partial charge in [-0.3, -0.25) is 24.6 Å². The molecule has 4 N–H and O–H groups in total. The minimum absolute atomic E-state index is 0.00161. The molecule has 0 bridgehead atoms. The summed E-state index contributed by atoms with van der Waals surface area (Å²) in [7, 11) is 0. The molecule has 3 fully saturated rings. The topological polar surface area (TPSA) is 103 Å². The van der Waals surface area contributed by atoms with E-state index < -0.39 is 18.0 Å². The van der Waals surface area contributed by atoms with E-state index in [1.165, 1.54) is 6.42 Å². The zero-order valence-electron chi connectivity index (χ0n) is 17.8. The van der Waals surface area contributed by atoms with Gasteiger partial charge in [-0.05, 0) is 49.8 Å². The molecule has 3 aliphatic heterocycles. The van der Waals surface area contributed by atoms with Crippen LogP contribution in [0.4, 0.5) is 5.69 Å². The third-order valence-corrected chi connectivity index (χ3v) is 6.47. The summed E-state index contributed by atoms with van der Waals surface area (Å²) < 4.78 is 0. The SMILES string of the molecule is Cc1ccc(C)c(NC(=O)C2CC(=O)NC3NC(N4CCCC(C)C4)NC(=O)C32)c1. The minimum atomic E-state index is -0.725. The van der Waals surface area contributed by atoms with Gasteiger partial charge in [-0.1, -0.05) is 19.1 Å². The Hall–Kier alpha value is -2.45. The molecular weight excluding hydrogens is 382 g/mol. The first-order valence-electron chi connectivity index (χ1n) is 10.8. The highest BCUT2D eigenvalue weighted by Crippen LogP contribution is 2.29. The van der Waals surface area contributed by atoms with E-state index in [4.69, 9.17) is 0 Å². The molecule has 5 unspecified atom stereocenters. The monoisotopic (exact) mass is 413 g/mol. The normalized spacial score (nSPS) is 32.0. The van der Waals surface area contributed by atoms with E-state index in [-0.39, 0.29) is 30.4 Å². The van der Waals surface area contributed by atoms with Crippen LogP contribution in [0.25, 0.3) is 0 Å². The highest BCUT2D eigenvalue weighted by Gasteiger charge is 2.49. The predicted molar refractivity (Wildman–Crippen MR) is 113 cm³/mol. The maximum Gasteiger partial charge on any atom is 0.229 e. The first kappa shape index (κ1) is 20.8. The van der Waals surface area contributed by atoms with Gasteiger partial charge < -0.3 is 16.0 Å². The van der Waals surface area contributed by atoms with E-state index in [9.17, 15) is 14.4 Å². The third-order valence-electron chi connectivity index (χ3n) is 6.47. The van der Waals surface area contributed by atoms with Crippen molar-refractivity contribution in [1.82, 2.24) is 20.9 Å². The molecule has 0 radical (unpaired) electrons. The summed E-state index contributed by atoms with van der Waals surface area (Å²) in [5.41, 5.74) is 2.69. The van der Waals surface area contributed by atoms with Gasteiger partial charge in [0.05, 0.1) is 18.0 Å². The average Bonchev–Trinajstić information content (AvgIpc) is 2.69. The van der Waals surface area contributed by atoms with Crippen LogP contribution < -0.4 is 21.3 Å². The standard InChI is InChI=1S/C22H31N5O3/c1-12-6-7-14(3)16(9-12)23-20(29)15-10-17(28)24-19-18(15)21(30)26-22(25-19)27-8-4-5-13(2)11-27/h6-7,9,13,15,18-19,22,25H,4-5,8,10-11H2,1-3H3,(H,23,29)(H,24,28)(H,26,30). The van der Waals surface area contributed by atoms with Crippen LogP contribution in [0.15, 0.2) is 18.2 Å². The number of anilines is 1. The van der Waals surface area contributed by atoms with Crippen molar-refractivity contribution in [3.05, 3.63) is 29.3 Å². The molecule has 1 aromatic rings. The number of benzene rings is 1. The zero-order chi connectivity index (χ0) is 21.4. The highest BCUT2D eigenvalue weighted by atomic mass is 16.2. The Balaban J connectivity index is 1.50. The second-order valence-electron chi connectivity index (χ2n) is 9.01. The Labute approximate surface area is 177 Å². The molecule has 3 heterocycles. The van der Waals surface area contributed by atoms with Gasteiger partial charge in [-0.2, -0.15) is 0 Å². The van der Waals surface area contributed by atoms with E-state index >= 15 is 0 Å². The van der Waals surface area contributed by atoms with E-state index in [0.717, 1.165) is 30.6 Å². The van der Waals surface area contributed by atoms with Crippen LogP contribution in [0.2, 0.25) is 0 Å². The number of carbonyl (C=O) groups excluding carboxylic acids is 3. The van der Waals surface area contributed by atoms with E-state index in [0.29, 0.717) is 11.6 Å². The summed E-state index contributed by atoms with van der Waals surface area (Å²) in [5.74, 6) is -1.51. The van der Waals surface area contributed by atoms with Gasteiger partial charge >= 0.3 is 0 Å². The zero-order valence-corrected chi connectivity index (χ0v) is 17.8. The number of fused-ring (bicyclic) bond motifs is 1. The van der Waals surface area contributed by atoms with Gasteiger partial charge in [0.15, 0.2) is 0 Å². The molecule has 5 atom stereocenters. The molecule has 3 saturated heterocycles.